The van der Waals surface area contributed by atoms with Gasteiger partial charge in [0.1, 0.15) is 0 Å². The summed E-state index contributed by atoms with van der Waals surface area (Å²) in [6.45, 7) is 1.57. The van der Waals surface area contributed by atoms with Gasteiger partial charge in [-0.05, 0) is 24.6 Å². The number of alkyl halides is 3. The van der Waals surface area contributed by atoms with E-state index in [1.807, 2.05) is 0 Å². The standard InChI is InChI=1S/C6H5ClF2N2/c1-4-2-5(3-10-11-4)6(7,8)9/h2-3H,1H3. The molecule has 5 heteroatoms. The van der Waals surface area contributed by atoms with E-state index < -0.39 is 5.38 Å². The molecule has 0 radical (unpaired) electrons. The van der Waals surface area contributed by atoms with E-state index in [1.54, 1.807) is 6.92 Å². The van der Waals surface area contributed by atoms with E-state index in [2.05, 4.69) is 10.2 Å². The molecule has 0 aromatic carbocycles. The van der Waals surface area contributed by atoms with Crippen molar-refractivity contribution in [1.82, 2.24) is 10.2 Å². The first kappa shape index (κ1) is 8.33. The molecule has 60 valence electrons. The Labute approximate surface area is 67.2 Å². The van der Waals surface area contributed by atoms with Crippen molar-refractivity contribution in [2.45, 2.75) is 12.3 Å². The van der Waals surface area contributed by atoms with E-state index in [9.17, 15) is 8.78 Å². The number of hydrogen-bond acceptors (Lipinski definition) is 2. The Balaban J connectivity index is 3.06. The van der Waals surface area contributed by atoms with Gasteiger partial charge < -0.3 is 0 Å². The Hall–Kier alpha value is -0.770. The maximum absolute atomic E-state index is 12.3. The van der Waals surface area contributed by atoms with Gasteiger partial charge in [0.15, 0.2) is 0 Å². The van der Waals surface area contributed by atoms with E-state index >= 15 is 0 Å². The third-order valence-electron chi connectivity index (χ3n) is 1.10. The van der Waals surface area contributed by atoms with Crippen molar-refractivity contribution in [1.29, 1.82) is 0 Å². The monoisotopic (exact) mass is 178 g/mol. The average molecular weight is 179 g/mol. The number of hydrogen-bond donors (Lipinski definition) is 0. The molecule has 1 rings (SSSR count). The summed E-state index contributed by atoms with van der Waals surface area (Å²) < 4.78 is 24.7. The average Bonchev–Trinajstić information content (AvgIpc) is 1.86. The minimum absolute atomic E-state index is 0.327. The zero-order chi connectivity index (χ0) is 8.48. The van der Waals surface area contributed by atoms with Gasteiger partial charge in [-0.25, -0.2) is 0 Å². The highest BCUT2D eigenvalue weighted by molar-refractivity contribution is 6.21. The van der Waals surface area contributed by atoms with Crippen molar-refractivity contribution in [3.63, 3.8) is 0 Å². The summed E-state index contributed by atoms with van der Waals surface area (Å²) >= 11 is 4.73. The van der Waals surface area contributed by atoms with Gasteiger partial charge in [0.2, 0.25) is 0 Å². The van der Waals surface area contributed by atoms with Gasteiger partial charge >= 0.3 is 5.38 Å². The van der Waals surface area contributed by atoms with Crippen molar-refractivity contribution in [3.8, 4) is 0 Å². The molecule has 0 aliphatic rings. The lowest BCUT2D eigenvalue weighted by Gasteiger charge is -2.06. The Kier molecular flexibility index (Phi) is 2.04. The second-order valence-electron chi connectivity index (χ2n) is 2.08. The molecule has 0 aliphatic carbocycles. The van der Waals surface area contributed by atoms with Crippen LogP contribution in [0.15, 0.2) is 12.3 Å². The van der Waals surface area contributed by atoms with Gasteiger partial charge in [0.25, 0.3) is 0 Å². The lowest BCUT2D eigenvalue weighted by atomic mass is 10.3. The van der Waals surface area contributed by atoms with Crippen LogP contribution in [0.4, 0.5) is 8.78 Å². The zero-order valence-corrected chi connectivity index (χ0v) is 6.44. The summed E-state index contributed by atoms with van der Waals surface area (Å²) in [7, 11) is 0. The third kappa shape index (κ3) is 2.08. The van der Waals surface area contributed by atoms with E-state index in [0.29, 0.717) is 5.69 Å². The SMILES string of the molecule is Cc1cc(C(F)(F)Cl)cnn1. The molecule has 0 saturated carbocycles. The minimum atomic E-state index is -3.35. The van der Waals surface area contributed by atoms with Crippen LogP contribution in [0, 0.1) is 6.92 Å². The number of halogens is 3. The summed E-state index contributed by atoms with van der Waals surface area (Å²) in [5, 5.41) is 3.50. The van der Waals surface area contributed by atoms with Gasteiger partial charge in [0, 0.05) is 0 Å². The second-order valence-corrected chi connectivity index (χ2v) is 2.56. The van der Waals surface area contributed by atoms with Crippen molar-refractivity contribution in [2.75, 3.05) is 0 Å². The Morgan fingerprint density at radius 2 is 2.18 bits per heavy atom. The van der Waals surface area contributed by atoms with Crippen molar-refractivity contribution in [2.24, 2.45) is 0 Å². The normalized spacial score (nSPS) is 11.6. The highest BCUT2D eigenvalue weighted by Gasteiger charge is 2.28. The summed E-state index contributed by atoms with van der Waals surface area (Å²) in [6, 6.07) is 1.19. The molecule has 0 unspecified atom stereocenters. The van der Waals surface area contributed by atoms with Gasteiger partial charge in [-0.15, -0.1) is 0 Å². The maximum atomic E-state index is 12.3. The molecule has 0 saturated heterocycles. The fraction of sp³-hybridized carbons (Fsp3) is 0.333. The first-order valence-electron chi connectivity index (χ1n) is 2.86. The quantitative estimate of drug-likeness (QED) is 0.616. The summed E-state index contributed by atoms with van der Waals surface area (Å²) in [6.07, 6.45) is 0.944. The fourth-order valence-electron chi connectivity index (χ4n) is 0.628. The van der Waals surface area contributed by atoms with Crippen LogP contribution in [0.2, 0.25) is 0 Å². The van der Waals surface area contributed by atoms with Crippen LogP contribution in [0.3, 0.4) is 0 Å². The Bertz CT molecular complexity index is 259. The number of nitrogens with zero attached hydrogens (tertiary/aromatic N) is 2. The molecule has 0 aliphatic heterocycles. The minimum Gasteiger partial charge on any atom is -0.183 e. The predicted octanol–water partition coefficient (Wildman–Crippen LogP) is 2.07. The van der Waals surface area contributed by atoms with Crippen LogP contribution in [0.1, 0.15) is 11.3 Å². The molecule has 0 atom stereocenters. The smallest absolute Gasteiger partial charge is 0.183 e. The summed E-state index contributed by atoms with van der Waals surface area (Å²) in [5.74, 6) is 0. The van der Waals surface area contributed by atoms with Gasteiger partial charge in [-0.2, -0.15) is 19.0 Å². The first-order valence-corrected chi connectivity index (χ1v) is 3.24. The topological polar surface area (TPSA) is 25.8 Å². The second kappa shape index (κ2) is 2.70. The van der Waals surface area contributed by atoms with Crippen LogP contribution >= 0.6 is 11.6 Å². The van der Waals surface area contributed by atoms with Gasteiger partial charge in [-0.1, -0.05) is 0 Å². The van der Waals surface area contributed by atoms with Gasteiger partial charge in [0.05, 0.1) is 17.5 Å². The van der Waals surface area contributed by atoms with E-state index in [1.165, 1.54) is 6.07 Å². The molecule has 11 heavy (non-hydrogen) atoms. The Morgan fingerprint density at radius 3 is 2.55 bits per heavy atom. The molecule has 0 bridgehead atoms. The van der Waals surface area contributed by atoms with Crippen LogP contribution in [0.5, 0.6) is 0 Å². The first-order chi connectivity index (χ1) is 5.00. The molecule has 0 N–H and O–H groups in total. The van der Waals surface area contributed by atoms with E-state index in [4.69, 9.17) is 11.6 Å². The van der Waals surface area contributed by atoms with Crippen LogP contribution in [-0.4, -0.2) is 10.2 Å². The molecule has 2 nitrogen and oxygen atoms in total. The van der Waals surface area contributed by atoms with Crippen molar-refractivity contribution < 1.29 is 8.78 Å². The van der Waals surface area contributed by atoms with Crippen LogP contribution in [-0.2, 0) is 5.38 Å². The molecule has 0 spiro atoms. The lowest BCUT2D eigenvalue weighted by molar-refractivity contribution is 0.0944. The number of aromatic nitrogens is 2. The van der Waals surface area contributed by atoms with E-state index in [0.717, 1.165) is 6.20 Å². The molecule has 1 aromatic heterocycles. The summed E-state index contributed by atoms with van der Waals surface area (Å²) in [5.41, 5.74) is 0.0921. The van der Waals surface area contributed by atoms with Crippen LogP contribution in [0.25, 0.3) is 0 Å². The Morgan fingerprint density at radius 1 is 1.55 bits per heavy atom. The number of aryl methyl sites for hydroxylation is 1. The molecular weight excluding hydrogens is 174 g/mol. The fourth-order valence-corrected chi connectivity index (χ4v) is 0.732. The highest BCUT2D eigenvalue weighted by Crippen LogP contribution is 2.31. The predicted molar refractivity (Wildman–Crippen MR) is 36.5 cm³/mol. The molecule has 1 aromatic rings. The number of rotatable bonds is 1. The largest absolute Gasteiger partial charge is 0.349 e. The summed E-state index contributed by atoms with van der Waals surface area (Å²) in [4.78, 5) is 0. The molecule has 1 heterocycles. The third-order valence-corrected chi connectivity index (χ3v) is 1.32. The van der Waals surface area contributed by atoms with E-state index in [-0.39, 0.29) is 5.56 Å². The molecule has 0 amide bonds. The molecule has 0 fully saturated rings. The highest BCUT2D eigenvalue weighted by atomic mass is 35.5. The molecular formula is C6H5ClF2N2. The van der Waals surface area contributed by atoms with Crippen LogP contribution < -0.4 is 0 Å². The van der Waals surface area contributed by atoms with Crippen molar-refractivity contribution >= 4 is 11.6 Å². The lowest BCUT2D eigenvalue weighted by Crippen LogP contribution is -2.05. The zero-order valence-electron chi connectivity index (χ0n) is 5.68. The van der Waals surface area contributed by atoms with Crippen molar-refractivity contribution in [3.05, 3.63) is 23.5 Å². The van der Waals surface area contributed by atoms with Gasteiger partial charge in [-0.3, -0.25) is 0 Å². The maximum Gasteiger partial charge on any atom is 0.349 e.